The van der Waals surface area contributed by atoms with Gasteiger partial charge in [0.25, 0.3) is 0 Å². The smallest absolute Gasteiger partial charge is 0.229 e. The highest BCUT2D eigenvalue weighted by Gasteiger charge is 2.40. The van der Waals surface area contributed by atoms with Crippen LogP contribution in [0.15, 0.2) is 18.2 Å². The Labute approximate surface area is 156 Å². The molecule has 0 saturated carbocycles. The summed E-state index contributed by atoms with van der Waals surface area (Å²) < 4.78 is 15.9. The van der Waals surface area contributed by atoms with E-state index in [-0.39, 0.29) is 24.4 Å². The van der Waals surface area contributed by atoms with Crippen molar-refractivity contribution in [3.05, 3.63) is 23.8 Å². The van der Waals surface area contributed by atoms with Gasteiger partial charge in [0, 0.05) is 7.11 Å². The normalized spacial score (nSPS) is 17.1. The molecule has 7 heteroatoms. The third-order valence-corrected chi connectivity index (χ3v) is 4.72. The van der Waals surface area contributed by atoms with Crippen LogP contribution in [0.3, 0.4) is 0 Å². The van der Waals surface area contributed by atoms with Crippen molar-refractivity contribution in [2.75, 3.05) is 41.0 Å². The first-order valence-corrected chi connectivity index (χ1v) is 8.29. The first kappa shape index (κ1) is 21.5. The number of methoxy groups -OCH3 is 3. The van der Waals surface area contributed by atoms with Crippen LogP contribution in [0.1, 0.15) is 31.4 Å². The van der Waals surface area contributed by atoms with Crippen molar-refractivity contribution in [2.24, 2.45) is 5.41 Å². The lowest BCUT2D eigenvalue weighted by Crippen LogP contribution is -2.50. The van der Waals surface area contributed by atoms with Crippen LogP contribution < -0.4 is 20.1 Å². The zero-order chi connectivity index (χ0) is 17.6. The second-order valence-electron chi connectivity index (χ2n) is 6.27. The molecule has 1 aromatic carbocycles. The van der Waals surface area contributed by atoms with Crippen LogP contribution in [0.5, 0.6) is 11.5 Å². The van der Waals surface area contributed by atoms with Gasteiger partial charge in [-0.1, -0.05) is 6.07 Å². The van der Waals surface area contributed by atoms with E-state index in [1.54, 1.807) is 21.3 Å². The number of hydrogen-bond donors (Lipinski definition) is 2. The Morgan fingerprint density at radius 3 is 2.40 bits per heavy atom. The number of piperidine rings is 1. The van der Waals surface area contributed by atoms with Gasteiger partial charge in [0.2, 0.25) is 5.91 Å². The van der Waals surface area contributed by atoms with Crippen LogP contribution >= 0.6 is 12.4 Å². The summed E-state index contributed by atoms with van der Waals surface area (Å²) in [4.78, 5) is 12.9. The van der Waals surface area contributed by atoms with E-state index in [9.17, 15) is 4.79 Å². The minimum absolute atomic E-state index is 0. The maximum Gasteiger partial charge on any atom is 0.229 e. The molecule has 1 saturated heterocycles. The molecule has 6 nitrogen and oxygen atoms in total. The molecule has 0 aromatic heterocycles. The van der Waals surface area contributed by atoms with E-state index < -0.39 is 5.41 Å². The Bertz CT molecular complexity index is 556. The number of nitrogens with one attached hydrogen (secondary N) is 2. The molecule has 0 bridgehead atoms. The zero-order valence-electron chi connectivity index (χ0n) is 15.4. The highest BCUT2D eigenvalue weighted by Crippen LogP contribution is 2.32. The van der Waals surface area contributed by atoms with Crippen molar-refractivity contribution >= 4 is 18.3 Å². The van der Waals surface area contributed by atoms with E-state index >= 15 is 0 Å². The fraction of sp³-hybridized carbons (Fsp3) is 0.611. The van der Waals surface area contributed by atoms with Gasteiger partial charge in [-0.25, -0.2) is 0 Å². The number of hydrogen-bond acceptors (Lipinski definition) is 5. The monoisotopic (exact) mass is 372 g/mol. The van der Waals surface area contributed by atoms with Gasteiger partial charge in [0.15, 0.2) is 11.5 Å². The molecular weight excluding hydrogens is 344 g/mol. The average Bonchev–Trinajstić information content (AvgIpc) is 2.62. The fourth-order valence-electron chi connectivity index (χ4n) is 3.17. The molecule has 2 rings (SSSR count). The SMILES string of the molecule is COCC1(C(=O)NC(C)c2ccc(OC)c(OC)c2)CCNCC1.Cl. The molecule has 0 radical (unpaired) electrons. The van der Waals surface area contributed by atoms with E-state index in [0.29, 0.717) is 18.1 Å². The number of carbonyl (C=O) groups excluding carboxylic acids is 1. The van der Waals surface area contributed by atoms with Gasteiger partial charge in [-0.3, -0.25) is 4.79 Å². The molecule has 142 valence electrons. The number of ether oxygens (including phenoxy) is 3. The molecule has 2 N–H and O–H groups in total. The fourth-order valence-corrected chi connectivity index (χ4v) is 3.17. The molecular formula is C18H29ClN2O4. The van der Waals surface area contributed by atoms with Gasteiger partial charge >= 0.3 is 0 Å². The minimum atomic E-state index is -0.454. The van der Waals surface area contributed by atoms with E-state index in [1.807, 2.05) is 25.1 Å². The first-order valence-electron chi connectivity index (χ1n) is 8.29. The van der Waals surface area contributed by atoms with Crippen molar-refractivity contribution in [3.63, 3.8) is 0 Å². The van der Waals surface area contributed by atoms with Gasteiger partial charge in [-0.15, -0.1) is 12.4 Å². The number of rotatable bonds is 7. The summed E-state index contributed by atoms with van der Waals surface area (Å²) in [5.74, 6) is 1.38. The molecule has 1 atom stereocenters. The molecule has 0 spiro atoms. The Morgan fingerprint density at radius 1 is 1.20 bits per heavy atom. The van der Waals surface area contributed by atoms with Crippen molar-refractivity contribution in [1.29, 1.82) is 0 Å². The maximum absolute atomic E-state index is 12.9. The quantitative estimate of drug-likeness (QED) is 0.768. The Morgan fingerprint density at radius 2 is 1.84 bits per heavy atom. The van der Waals surface area contributed by atoms with Crippen molar-refractivity contribution in [1.82, 2.24) is 10.6 Å². The molecule has 1 fully saturated rings. The standard InChI is InChI=1S/C18H28N2O4.ClH/c1-13(14-5-6-15(23-3)16(11-14)24-4)20-17(21)18(12-22-2)7-9-19-10-8-18;/h5-6,11,13,19H,7-10,12H2,1-4H3,(H,20,21);1H. The van der Waals surface area contributed by atoms with E-state index in [2.05, 4.69) is 10.6 Å². The van der Waals surface area contributed by atoms with E-state index in [1.165, 1.54) is 0 Å². The molecule has 1 unspecified atom stereocenters. The van der Waals surface area contributed by atoms with Crippen LogP contribution in [-0.4, -0.2) is 46.9 Å². The minimum Gasteiger partial charge on any atom is -0.493 e. The average molecular weight is 373 g/mol. The molecule has 1 amide bonds. The summed E-state index contributed by atoms with van der Waals surface area (Å²) in [5.41, 5.74) is 0.521. The third kappa shape index (κ3) is 5.00. The number of halogens is 1. The zero-order valence-corrected chi connectivity index (χ0v) is 16.2. The van der Waals surface area contributed by atoms with Gasteiger partial charge < -0.3 is 24.8 Å². The first-order chi connectivity index (χ1) is 11.6. The van der Waals surface area contributed by atoms with Crippen LogP contribution in [0, 0.1) is 5.41 Å². The number of benzene rings is 1. The Kier molecular flexibility index (Phi) is 8.48. The predicted molar refractivity (Wildman–Crippen MR) is 99.8 cm³/mol. The lowest BCUT2D eigenvalue weighted by atomic mass is 9.78. The summed E-state index contributed by atoms with van der Waals surface area (Å²) in [6.07, 6.45) is 1.57. The second-order valence-corrected chi connectivity index (χ2v) is 6.27. The van der Waals surface area contributed by atoms with E-state index in [4.69, 9.17) is 14.2 Å². The van der Waals surface area contributed by atoms with Crippen LogP contribution in [0.2, 0.25) is 0 Å². The third-order valence-electron chi connectivity index (χ3n) is 4.72. The lowest BCUT2D eigenvalue weighted by molar-refractivity contribution is -0.136. The van der Waals surface area contributed by atoms with E-state index in [0.717, 1.165) is 31.5 Å². The van der Waals surface area contributed by atoms with Gasteiger partial charge in [0.1, 0.15) is 0 Å². The van der Waals surface area contributed by atoms with Crippen molar-refractivity contribution in [3.8, 4) is 11.5 Å². The van der Waals surface area contributed by atoms with Gasteiger partial charge in [-0.05, 0) is 50.6 Å². The maximum atomic E-state index is 12.9. The number of carbonyl (C=O) groups is 1. The molecule has 25 heavy (non-hydrogen) atoms. The lowest BCUT2D eigenvalue weighted by Gasteiger charge is -2.36. The summed E-state index contributed by atoms with van der Waals surface area (Å²) >= 11 is 0. The largest absolute Gasteiger partial charge is 0.493 e. The molecule has 1 aliphatic rings. The Hall–Kier alpha value is -1.50. The van der Waals surface area contributed by atoms with Crippen LogP contribution in [0.4, 0.5) is 0 Å². The summed E-state index contributed by atoms with van der Waals surface area (Å²) in [7, 11) is 4.86. The van der Waals surface area contributed by atoms with Crippen LogP contribution in [-0.2, 0) is 9.53 Å². The molecule has 1 aromatic rings. The summed E-state index contributed by atoms with van der Waals surface area (Å²) in [6.45, 7) is 4.09. The highest BCUT2D eigenvalue weighted by atomic mass is 35.5. The topological polar surface area (TPSA) is 68.8 Å². The van der Waals surface area contributed by atoms with Crippen molar-refractivity contribution < 1.29 is 19.0 Å². The molecule has 1 heterocycles. The van der Waals surface area contributed by atoms with Crippen molar-refractivity contribution in [2.45, 2.75) is 25.8 Å². The second kappa shape index (κ2) is 9.85. The van der Waals surface area contributed by atoms with Gasteiger partial charge in [0.05, 0.1) is 32.3 Å². The predicted octanol–water partition coefficient (Wildman–Crippen LogP) is 2.32. The Balaban J connectivity index is 0.00000312. The van der Waals surface area contributed by atoms with Crippen LogP contribution in [0.25, 0.3) is 0 Å². The summed E-state index contributed by atoms with van der Waals surface area (Å²) in [6, 6.07) is 5.57. The highest BCUT2D eigenvalue weighted by molar-refractivity contribution is 5.85. The number of amides is 1. The summed E-state index contributed by atoms with van der Waals surface area (Å²) in [5, 5.41) is 6.44. The molecule has 1 aliphatic heterocycles. The van der Waals surface area contributed by atoms with Gasteiger partial charge in [-0.2, -0.15) is 0 Å². The molecule has 0 aliphatic carbocycles.